The Morgan fingerprint density at radius 3 is 1.81 bits per heavy atom. The quantitative estimate of drug-likeness (QED) is 0.0530. The van der Waals surface area contributed by atoms with Crippen molar-refractivity contribution in [1.82, 2.24) is 20.9 Å². The van der Waals surface area contributed by atoms with Gasteiger partial charge in [0.25, 0.3) is 5.91 Å². The number of rotatable bonds is 26. The second-order valence-electron chi connectivity index (χ2n) is 11.2. The van der Waals surface area contributed by atoms with Crippen molar-refractivity contribution in [2.45, 2.75) is 73.8 Å². The summed E-state index contributed by atoms with van der Waals surface area (Å²) >= 11 is 0. The fourth-order valence-corrected chi connectivity index (χ4v) is 3.88. The molecule has 0 heterocycles. The third-order valence-electron chi connectivity index (χ3n) is 6.67. The van der Waals surface area contributed by atoms with Crippen molar-refractivity contribution < 1.29 is 47.7 Å². The van der Waals surface area contributed by atoms with Crippen LogP contribution in [0.3, 0.4) is 0 Å². The number of aryl methyl sites for hydroxylation is 1. The molecule has 1 aromatic rings. The van der Waals surface area contributed by atoms with E-state index in [2.05, 4.69) is 21.3 Å². The van der Waals surface area contributed by atoms with Crippen molar-refractivity contribution in [3.8, 4) is 0 Å². The molecule has 0 saturated heterocycles. The number of hydrogen-bond donors (Lipinski definition) is 5. The van der Waals surface area contributed by atoms with Crippen molar-refractivity contribution in [3.63, 3.8) is 0 Å². The van der Waals surface area contributed by atoms with Crippen molar-refractivity contribution in [2.24, 2.45) is 11.7 Å². The average Bonchev–Trinajstić information content (AvgIpc) is 3.14. The Bertz CT molecular complexity index is 1180. The van der Waals surface area contributed by atoms with Gasteiger partial charge in [0.15, 0.2) is 0 Å². The number of ether oxygens (including phenoxy) is 4. The third-order valence-corrected chi connectivity index (χ3v) is 6.67. The van der Waals surface area contributed by atoms with Crippen LogP contribution in [-0.2, 0) is 49.3 Å². The maximum atomic E-state index is 12.6. The summed E-state index contributed by atoms with van der Waals surface area (Å²) in [5.41, 5.74) is 6.53. The molecular formula is C37H64N6O10. The van der Waals surface area contributed by atoms with Gasteiger partial charge in [0.1, 0.15) is 6.04 Å². The van der Waals surface area contributed by atoms with Gasteiger partial charge in [0.2, 0.25) is 24.1 Å². The smallest absolute Gasteiger partial charge is 0.312 e. The Kier molecular flexibility index (Phi) is 33.2. The molecule has 0 aliphatic rings. The summed E-state index contributed by atoms with van der Waals surface area (Å²) in [4.78, 5) is 70.6. The standard InChI is InChI=1S/C31H48N4O9.C4H10N2O.C2H6/c1-5-7-29(39)35(23-36)13-15-42-17-19-44-21-20-43-18-16-41-14-12-27(37)34-30(24(3)4)31(40)32-22-28(38)33-26-10-8-25(6-2)9-11-26;1-2-3-6-4(5)7;1-2/h5,7-11,23-24,30H,6,12-22H2,1-4H3,(H,32,40)(H,33,38)(H,34,37);2-3H2,1H3,(H3,5,6,7);1-2H3/b7-5-;;. The van der Waals surface area contributed by atoms with Gasteiger partial charge in [-0.3, -0.25) is 28.9 Å². The van der Waals surface area contributed by atoms with E-state index in [9.17, 15) is 28.8 Å². The van der Waals surface area contributed by atoms with Crippen LogP contribution in [0.25, 0.3) is 0 Å². The molecule has 1 rings (SSSR count). The van der Waals surface area contributed by atoms with Gasteiger partial charge in [-0.25, -0.2) is 4.79 Å². The van der Waals surface area contributed by atoms with Gasteiger partial charge >= 0.3 is 6.03 Å². The first-order valence-corrected chi connectivity index (χ1v) is 18.2. The number of carbonyl (C=O) groups excluding carboxylic acids is 6. The van der Waals surface area contributed by atoms with Crippen molar-refractivity contribution in [1.29, 1.82) is 0 Å². The summed E-state index contributed by atoms with van der Waals surface area (Å²) in [6.45, 7) is 16.3. The molecule has 1 atom stereocenters. The lowest BCUT2D eigenvalue weighted by molar-refractivity contribution is -0.135. The largest absolute Gasteiger partial charge is 0.379 e. The molecule has 1 aromatic carbocycles. The highest BCUT2D eigenvalue weighted by Crippen LogP contribution is 2.09. The normalized spacial score (nSPS) is 10.9. The molecule has 0 radical (unpaired) electrons. The number of imide groups is 1. The maximum absolute atomic E-state index is 12.6. The van der Waals surface area contributed by atoms with Gasteiger partial charge in [-0.2, -0.15) is 0 Å². The summed E-state index contributed by atoms with van der Waals surface area (Å²) in [6, 6.07) is 6.25. The number of urea groups is 1. The molecule has 6 N–H and O–H groups in total. The summed E-state index contributed by atoms with van der Waals surface area (Å²) in [7, 11) is 0. The van der Waals surface area contributed by atoms with E-state index in [1.807, 2.05) is 65.8 Å². The van der Waals surface area contributed by atoms with Crippen LogP contribution >= 0.6 is 0 Å². The van der Waals surface area contributed by atoms with E-state index in [1.54, 1.807) is 13.0 Å². The van der Waals surface area contributed by atoms with E-state index in [0.717, 1.165) is 23.3 Å². The first-order chi connectivity index (χ1) is 25.5. The number of allylic oxidation sites excluding steroid dienone is 1. The van der Waals surface area contributed by atoms with E-state index >= 15 is 0 Å². The monoisotopic (exact) mass is 752 g/mol. The number of hydrogen-bond acceptors (Lipinski definition) is 10. The van der Waals surface area contributed by atoms with Crippen LogP contribution in [0.1, 0.15) is 66.9 Å². The van der Waals surface area contributed by atoms with Crippen LogP contribution in [0, 0.1) is 5.92 Å². The number of benzene rings is 1. The van der Waals surface area contributed by atoms with Crippen molar-refractivity contribution in [2.75, 3.05) is 77.8 Å². The highest BCUT2D eigenvalue weighted by molar-refractivity contribution is 5.96. The van der Waals surface area contributed by atoms with Gasteiger partial charge in [0, 0.05) is 18.7 Å². The first-order valence-electron chi connectivity index (χ1n) is 18.2. The number of primary amides is 1. The van der Waals surface area contributed by atoms with Crippen LogP contribution in [0.5, 0.6) is 0 Å². The molecule has 0 saturated carbocycles. The van der Waals surface area contributed by atoms with Crippen molar-refractivity contribution in [3.05, 3.63) is 42.0 Å². The lowest BCUT2D eigenvalue weighted by atomic mass is 10.0. The maximum Gasteiger partial charge on any atom is 0.312 e. The Hall–Kier alpha value is -4.38. The average molecular weight is 753 g/mol. The Balaban J connectivity index is 0. The predicted octanol–water partition coefficient (Wildman–Crippen LogP) is 2.55. The molecule has 0 aliphatic carbocycles. The van der Waals surface area contributed by atoms with Crippen LogP contribution in [0.15, 0.2) is 36.4 Å². The van der Waals surface area contributed by atoms with Gasteiger partial charge in [-0.1, -0.05) is 59.8 Å². The molecule has 0 aliphatic heterocycles. The first kappa shape index (κ1) is 50.7. The van der Waals surface area contributed by atoms with Crippen LogP contribution in [0.2, 0.25) is 0 Å². The molecule has 0 spiro atoms. The minimum atomic E-state index is -0.786. The topological polar surface area (TPSA) is 217 Å². The zero-order valence-corrected chi connectivity index (χ0v) is 32.7. The molecule has 0 bridgehead atoms. The molecule has 0 fully saturated rings. The molecular weight excluding hydrogens is 688 g/mol. The van der Waals surface area contributed by atoms with Crippen LogP contribution in [-0.4, -0.2) is 120 Å². The molecule has 302 valence electrons. The number of carbonyl (C=O) groups is 6. The number of amides is 7. The lowest BCUT2D eigenvalue weighted by Gasteiger charge is -2.21. The minimum Gasteiger partial charge on any atom is -0.379 e. The number of nitrogens with one attached hydrogen (secondary N) is 4. The predicted molar refractivity (Wildman–Crippen MR) is 204 cm³/mol. The zero-order chi connectivity index (χ0) is 40.3. The fraction of sp³-hybridized carbons (Fsp3) is 0.622. The molecule has 1 unspecified atom stereocenters. The van der Waals surface area contributed by atoms with Crippen LogP contribution in [0.4, 0.5) is 10.5 Å². The minimum absolute atomic E-state index is 0.0714. The second kappa shape index (κ2) is 34.7. The third kappa shape index (κ3) is 28.8. The Morgan fingerprint density at radius 2 is 1.36 bits per heavy atom. The molecule has 16 nitrogen and oxygen atoms in total. The lowest BCUT2D eigenvalue weighted by Crippen LogP contribution is -2.51. The highest BCUT2D eigenvalue weighted by Gasteiger charge is 2.24. The summed E-state index contributed by atoms with van der Waals surface area (Å²) in [5, 5.41) is 10.5. The van der Waals surface area contributed by atoms with E-state index in [1.165, 1.54) is 6.08 Å². The van der Waals surface area contributed by atoms with E-state index in [0.29, 0.717) is 58.3 Å². The van der Waals surface area contributed by atoms with Gasteiger partial charge < -0.3 is 45.9 Å². The fourth-order valence-electron chi connectivity index (χ4n) is 3.88. The van der Waals surface area contributed by atoms with Gasteiger partial charge in [0.05, 0.1) is 65.9 Å². The Labute approximate surface area is 315 Å². The molecule has 7 amide bonds. The van der Waals surface area contributed by atoms with Gasteiger partial charge in [-0.05, 0) is 49.5 Å². The number of nitrogens with two attached hydrogens (primary N) is 1. The summed E-state index contributed by atoms with van der Waals surface area (Å²) < 4.78 is 21.6. The second-order valence-corrected chi connectivity index (χ2v) is 11.2. The SMILES string of the molecule is C/C=C\C(=O)N(C=O)CCOCCOCCOCCOCCC(=O)NC(C(=O)NCC(=O)Nc1ccc(CC)cc1)C(C)C.CC.CCCNC(N)=O. The highest BCUT2D eigenvalue weighted by atomic mass is 16.6. The van der Waals surface area contributed by atoms with E-state index in [-0.39, 0.29) is 56.4 Å². The molecule has 0 aromatic heterocycles. The van der Waals surface area contributed by atoms with Crippen molar-refractivity contribution >= 4 is 41.8 Å². The van der Waals surface area contributed by atoms with E-state index in [4.69, 9.17) is 24.7 Å². The zero-order valence-electron chi connectivity index (χ0n) is 32.7. The summed E-state index contributed by atoms with van der Waals surface area (Å²) in [5.74, 6) is -1.70. The number of anilines is 1. The van der Waals surface area contributed by atoms with E-state index < -0.39 is 18.0 Å². The number of nitrogens with zero attached hydrogens (tertiary/aromatic N) is 1. The Morgan fingerprint density at radius 1 is 0.811 bits per heavy atom. The van der Waals surface area contributed by atoms with Gasteiger partial charge in [-0.15, -0.1) is 0 Å². The summed E-state index contributed by atoms with van der Waals surface area (Å²) in [6.07, 6.45) is 5.25. The molecule has 53 heavy (non-hydrogen) atoms. The molecule has 16 heteroatoms. The van der Waals surface area contributed by atoms with Crippen LogP contribution < -0.4 is 27.0 Å².